The maximum absolute atomic E-state index is 3.41. The molecule has 24 heavy (non-hydrogen) atoms. The third-order valence-corrected chi connectivity index (χ3v) is 5.66. The van der Waals surface area contributed by atoms with Gasteiger partial charge in [-0.2, -0.15) is 0 Å². The van der Waals surface area contributed by atoms with Crippen molar-refractivity contribution in [3.05, 3.63) is 65.9 Å². The van der Waals surface area contributed by atoms with E-state index < -0.39 is 0 Å². The van der Waals surface area contributed by atoms with Gasteiger partial charge in [0, 0.05) is 42.4 Å². The van der Waals surface area contributed by atoms with Crippen LogP contribution >= 0.6 is 0 Å². The van der Waals surface area contributed by atoms with Crippen LogP contribution in [0.25, 0.3) is 10.9 Å². The van der Waals surface area contributed by atoms with Gasteiger partial charge in [-0.1, -0.05) is 36.4 Å². The molecule has 0 aliphatic carbocycles. The van der Waals surface area contributed by atoms with Crippen LogP contribution in [0.4, 0.5) is 5.69 Å². The molecule has 0 amide bonds. The highest BCUT2D eigenvalue weighted by Crippen LogP contribution is 2.36. The Morgan fingerprint density at radius 3 is 2.92 bits per heavy atom. The van der Waals surface area contributed by atoms with Gasteiger partial charge in [0.1, 0.15) is 0 Å². The van der Waals surface area contributed by atoms with E-state index in [9.17, 15) is 0 Å². The summed E-state index contributed by atoms with van der Waals surface area (Å²) in [5, 5.41) is 1.37. The first-order valence-corrected chi connectivity index (χ1v) is 9.04. The fourth-order valence-electron chi connectivity index (χ4n) is 4.49. The number of fused-ring (bicyclic) bond motifs is 4. The first kappa shape index (κ1) is 14.1. The number of hydrogen-bond donors (Lipinski definition) is 1. The second-order valence-electron chi connectivity index (χ2n) is 7.02. The standard InChI is InChI=1S/C21H23N3/c1-4-9-20-17(6-1)15-23(21-10-5-12-24(20)21)13-11-16-14-22-19-8-3-2-7-18(16)19/h1-4,6-9,14,21-22H,5,10-13,15H2. The van der Waals surface area contributed by atoms with Crippen LogP contribution in [-0.4, -0.2) is 29.1 Å². The Labute approximate surface area is 142 Å². The van der Waals surface area contributed by atoms with E-state index in [0.29, 0.717) is 6.17 Å². The van der Waals surface area contributed by atoms with E-state index in [1.807, 2.05) is 0 Å². The summed E-state index contributed by atoms with van der Waals surface area (Å²) in [5.74, 6) is 0. The molecule has 3 heteroatoms. The van der Waals surface area contributed by atoms with Gasteiger partial charge in [0.25, 0.3) is 0 Å². The summed E-state index contributed by atoms with van der Waals surface area (Å²) in [6.45, 7) is 3.41. The summed E-state index contributed by atoms with van der Waals surface area (Å²) in [6.07, 6.45) is 6.49. The highest BCUT2D eigenvalue weighted by Gasteiger charge is 2.35. The average molecular weight is 317 g/mol. The number of aromatic nitrogens is 1. The van der Waals surface area contributed by atoms with Crippen LogP contribution in [-0.2, 0) is 13.0 Å². The van der Waals surface area contributed by atoms with Gasteiger partial charge in [0.05, 0.1) is 6.17 Å². The molecule has 5 rings (SSSR count). The Morgan fingerprint density at radius 2 is 1.92 bits per heavy atom. The molecular weight excluding hydrogens is 294 g/mol. The molecule has 3 nitrogen and oxygen atoms in total. The van der Waals surface area contributed by atoms with Gasteiger partial charge < -0.3 is 9.88 Å². The quantitative estimate of drug-likeness (QED) is 0.784. The Morgan fingerprint density at radius 1 is 1.04 bits per heavy atom. The predicted octanol–water partition coefficient (Wildman–Crippen LogP) is 4.15. The monoisotopic (exact) mass is 317 g/mol. The lowest BCUT2D eigenvalue weighted by atomic mass is 10.1. The number of nitrogens with zero attached hydrogens (tertiary/aromatic N) is 2. The van der Waals surface area contributed by atoms with Gasteiger partial charge in [-0.25, -0.2) is 0 Å². The van der Waals surface area contributed by atoms with Crippen LogP contribution in [0.3, 0.4) is 0 Å². The van der Waals surface area contributed by atoms with Crippen molar-refractivity contribution >= 4 is 16.6 Å². The fourth-order valence-corrected chi connectivity index (χ4v) is 4.49. The molecule has 2 aliphatic heterocycles. The number of para-hydroxylation sites is 2. The maximum atomic E-state index is 3.41. The molecule has 1 fully saturated rings. The van der Waals surface area contributed by atoms with E-state index in [1.165, 1.54) is 47.1 Å². The van der Waals surface area contributed by atoms with E-state index >= 15 is 0 Å². The van der Waals surface area contributed by atoms with E-state index in [1.54, 1.807) is 0 Å². The van der Waals surface area contributed by atoms with Gasteiger partial charge in [-0.05, 0) is 42.5 Å². The number of benzene rings is 2. The third-order valence-electron chi connectivity index (χ3n) is 5.66. The van der Waals surface area contributed by atoms with Gasteiger partial charge in [-0.15, -0.1) is 0 Å². The summed E-state index contributed by atoms with van der Waals surface area (Å²) in [5.41, 5.74) is 5.63. The van der Waals surface area contributed by atoms with Gasteiger partial charge in [0.15, 0.2) is 0 Å². The van der Waals surface area contributed by atoms with Gasteiger partial charge in [0.2, 0.25) is 0 Å². The maximum Gasteiger partial charge on any atom is 0.0824 e. The normalized spacial score (nSPS) is 20.3. The molecule has 1 aromatic heterocycles. The van der Waals surface area contributed by atoms with Crippen LogP contribution in [0.15, 0.2) is 54.7 Å². The second kappa shape index (κ2) is 5.67. The van der Waals surface area contributed by atoms with E-state index in [4.69, 9.17) is 0 Å². The zero-order valence-corrected chi connectivity index (χ0v) is 13.9. The first-order valence-electron chi connectivity index (χ1n) is 9.04. The first-order chi connectivity index (χ1) is 11.9. The molecule has 0 radical (unpaired) electrons. The van der Waals surface area contributed by atoms with E-state index in [0.717, 1.165) is 19.5 Å². The van der Waals surface area contributed by atoms with Crippen molar-refractivity contribution < 1.29 is 0 Å². The zero-order valence-electron chi connectivity index (χ0n) is 13.9. The average Bonchev–Trinajstić information content (AvgIpc) is 3.27. The number of rotatable bonds is 3. The van der Waals surface area contributed by atoms with Crippen LogP contribution in [0.5, 0.6) is 0 Å². The Kier molecular flexibility index (Phi) is 3.34. The van der Waals surface area contributed by atoms with Crippen molar-refractivity contribution in [3.8, 4) is 0 Å². The van der Waals surface area contributed by atoms with Crippen molar-refractivity contribution in [2.45, 2.75) is 32.0 Å². The minimum absolute atomic E-state index is 0.588. The van der Waals surface area contributed by atoms with Crippen molar-refractivity contribution in [1.29, 1.82) is 0 Å². The second-order valence-corrected chi connectivity index (χ2v) is 7.02. The van der Waals surface area contributed by atoms with Crippen LogP contribution in [0.1, 0.15) is 24.0 Å². The lowest BCUT2D eigenvalue weighted by molar-refractivity contribution is 0.183. The Balaban J connectivity index is 1.39. The van der Waals surface area contributed by atoms with Crippen molar-refractivity contribution in [2.75, 3.05) is 18.0 Å². The lowest BCUT2D eigenvalue weighted by Gasteiger charge is -2.42. The molecule has 1 atom stereocenters. The highest BCUT2D eigenvalue weighted by atomic mass is 15.4. The van der Waals surface area contributed by atoms with Crippen LogP contribution in [0.2, 0.25) is 0 Å². The zero-order chi connectivity index (χ0) is 15.9. The van der Waals surface area contributed by atoms with E-state index in [2.05, 4.69) is 69.5 Å². The number of nitrogens with one attached hydrogen (secondary N) is 1. The minimum atomic E-state index is 0.588. The third kappa shape index (κ3) is 2.23. The number of aromatic amines is 1. The summed E-state index contributed by atoms with van der Waals surface area (Å²) >= 11 is 0. The molecule has 0 spiro atoms. The predicted molar refractivity (Wildman–Crippen MR) is 99.2 cm³/mol. The van der Waals surface area contributed by atoms with E-state index in [-0.39, 0.29) is 0 Å². The molecular formula is C21H23N3. The largest absolute Gasteiger partial charge is 0.361 e. The SMILES string of the molecule is c1ccc2c(c1)CN(CCc1c[nH]c3ccccc13)C1CCCN21. The van der Waals surface area contributed by atoms with Crippen molar-refractivity contribution in [1.82, 2.24) is 9.88 Å². The molecule has 0 saturated carbocycles. The molecule has 122 valence electrons. The van der Waals surface area contributed by atoms with Crippen molar-refractivity contribution in [2.24, 2.45) is 0 Å². The molecule has 2 aliphatic rings. The van der Waals surface area contributed by atoms with Crippen molar-refractivity contribution in [3.63, 3.8) is 0 Å². The smallest absolute Gasteiger partial charge is 0.0824 e. The van der Waals surface area contributed by atoms with Crippen LogP contribution in [0, 0.1) is 0 Å². The fraction of sp³-hybridized carbons (Fsp3) is 0.333. The molecule has 3 heterocycles. The summed E-state index contributed by atoms with van der Waals surface area (Å²) in [6, 6.07) is 17.6. The minimum Gasteiger partial charge on any atom is -0.361 e. The molecule has 1 saturated heterocycles. The number of H-pyrrole nitrogens is 1. The molecule has 2 aromatic carbocycles. The molecule has 1 N–H and O–H groups in total. The van der Waals surface area contributed by atoms with Crippen LogP contribution < -0.4 is 4.90 Å². The molecule has 0 bridgehead atoms. The van der Waals surface area contributed by atoms with Gasteiger partial charge >= 0.3 is 0 Å². The summed E-state index contributed by atoms with van der Waals surface area (Å²) in [4.78, 5) is 8.71. The Hall–Kier alpha value is -2.26. The topological polar surface area (TPSA) is 22.3 Å². The molecule has 1 unspecified atom stereocenters. The highest BCUT2D eigenvalue weighted by molar-refractivity contribution is 5.83. The summed E-state index contributed by atoms with van der Waals surface area (Å²) < 4.78 is 0. The lowest BCUT2D eigenvalue weighted by Crippen LogP contribution is -2.48. The Bertz CT molecular complexity index is 866. The molecule has 3 aromatic rings. The number of hydrogen-bond acceptors (Lipinski definition) is 2. The number of anilines is 1. The summed E-state index contributed by atoms with van der Waals surface area (Å²) in [7, 11) is 0. The van der Waals surface area contributed by atoms with Gasteiger partial charge in [-0.3, -0.25) is 4.90 Å².